The zero-order chi connectivity index (χ0) is 22.5. The summed E-state index contributed by atoms with van der Waals surface area (Å²) in [6.07, 6.45) is 4.22. The van der Waals surface area contributed by atoms with Crippen LogP contribution in [0.3, 0.4) is 0 Å². The van der Waals surface area contributed by atoms with E-state index in [1.54, 1.807) is 25.3 Å². The minimum Gasteiger partial charge on any atom is -0.501 e. The number of hydrogen-bond acceptors (Lipinski definition) is 4. The number of hydrogen-bond donors (Lipinski definition) is 3. The van der Waals surface area contributed by atoms with Gasteiger partial charge in [0.1, 0.15) is 5.82 Å². The minimum atomic E-state index is -0.283. The van der Waals surface area contributed by atoms with E-state index in [0.29, 0.717) is 35.6 Å². The smallest absolute Gasteiger partial charge is 0.133 e. The lowest BCUT2D eigenvalue weighted by Gasteiger charge is -2.16. The Morgan fingerprint density at radius 2 is 1.94 bits per heavy atom. The van der Waals surface area contributed by atoms with Crippen LogP contribution in [0, 0.1) is 11.2 Å². The lowest BCUT2D eigenvalue weighted by molar-refractivity contribution is 0.281. The molecule has 1 heterocycles. The molecule has 5 heteroatoms. The summed E-state index contributed by atoms with van der Waals surface area (Å²) >= 11 is 0. The quantitative estimate of drug-likeness (QED) is 0.225. The molecule has 3 aromatic rings. The van der Waals surface area contributed by atoms with Crippen LogP contribution in [-0.2, 0) is 11.2 Å². The summed E-state index contributed by atoms with van der Waals surface area (Å²) in [5.41, 5.74) is 12.7. The van der Waals surface area contributed by atoms with Gasteiger partial charge in [-0.1, -0.05) is 36.4 Å². The Bertz CT molecular complexity index is 1160. The van der Waals surface area contributed by atoms with Gasteiger partial charge in [-0.05, 0) is 60.7 Å². The fourth-order valence-electron chi connectivity index (χ4n) is 4.05. The molecule has 0 spiro atoms. The van der Waals surface area contributed by atoms with Crippen molar-refractivity contribution in [1.82, 2.24) is 0 Å². The van der Waals surface area contributed by atoms with Crippen LogP contribution in [0.4, 0.5) is 15.8 Å². The Kier molecular flexibility index (Phi) is 6.55. The largest absolute Gasteiger partial charge is 0.501 e. The van der Waals surface area contributed by atoms with E-state index in [1.807, 2.05) is 36.4 Å². The average molecular weight is 430 g/mol. The molecule has 0 saturated carbocycles. The number of nitrogen functional groups attached to an aromatic ring is 1. The van der Waals surface area contributed by atoms with Crippen molar-refractivity contribution in [2.45, 2.75) is 26.2 Å². The highest BCUT2D eigenvalue weighted by Gasteiger charge is 2.20. The lowest BCUT2D eigenvalue weighted by Crippen LogP contribution is -2.05. The van der Waals surface area contributed by atoms with Crippen molar-refractivity contribution in [2.75, 3.05) is 24.2 Å². The third-order valence-electron chi connectivity index (χ3n) is 5.71. The molecule has 0 unspecified atom stereocenters. The SMILES string of the molecule is CC(=N)c1cc(-c2cc(NCCCc3ccccc3)cc(F)c2C2=COCC2)ccc1N. The Morgan fingerprint density at radius 3 is 2.66 bits per heavy atom. The van der Waals surface area contributed by atoms with Crippen LogP contribution in [0.5, 0.6) is 0 Å². The van der Waals surface area contributed by atoms with Crippen LogP contribution in [0.15, 0.2) is 66.9 Å². The monoisotopic (exact) mass is 429 g/mol. The normalized spacial score (nSPS) is 12.9. The van der Waals surface area contributed by atoms with Crippen LogP contribution in [0.1, 0.15) is 36.5 Å². The molecule has 0 saturated heterocycles. The van der Waals surface area contributed by atoms with E-state index in [2.05, 4.69) is 17.4 Å². The molecule has 4 rings (SSSR count). The van der Waals surface area contributed by atoms with Gasteiger partial charge in [-0.25, -0.2) is 4.39 Å². The highest BCUT2D eigenvalue weighted by Crippen LogP contribution is 2.38. The predicted octanol–water partition coefficient (Wildman–Crippen LogP) is 6.27. The van der Waals surface area contributed by atoms with Gasteiger partial charge in [0.15, 0.2) is 0 Å². The van der Waals surface area contributed by atoms with Gasteiger partial charge in [-0.15, -0.1) is 0 Å². The molecule has 1 aliphatic rings. The molecule has 0 radical (unpaired) electrons. The predicted molar refractivity (Wildman–Crippen MR) is 131 cm³/mol. The lowest BCUT2D eigenvalue weighted by atomic mass is 9.91. The van der Waals surface area contributed by atoms with Gasteiger partial charge in [0.05, 0.1) is 12.9 Å². The second-order valence-corrected chi connectivity index (χ2v) is 8.09. The van der Waals surface area contributed by atoms with Gasteiger partial charge in [0, 0.05) is 46.8 Å². The second kappa shape index (κ2) is 9.69. The van der Waals surface area contributed by atoms with Crippen LogP contribution in [0.25, 0.3) is 16.7 Å². The molecular weight excluding hydrogens is 401 g/mol. The number of ether oxygens (including phenoxy) is 1. The van der Waals surface area contributed by atoms with Gasteiger partial charge < -0.3 is 21.2 Å². The molecule has 0 aromatic heterocycles. The molecule has 32 heavy (non-hydrogen) atoms. The highest BCUT2D eigenvalue weighted by molar-refractivity contribution is 6.02. The molecule has 3 aromatic carbocycles. The van der Waals surface area contributed by atoms with Crippen LogP contribution < -0.4 is 11.1 Å². The molecule has 164 valence electrons. The summed E-state index contributed by atoms with van der Waals surface area (Å²) in [6.45, 7) is 3.00. The van der Waals surface area contributed by atoms with Crippen LogP contribution in [-0.4, -0.2) is 18.9 Å². The van der Waals surface area contributed by atoms with Crippen molar-refractivity contribution >= 4 is 22.7 Å². The Balaban J connectivity index is 1.63. The van der Waals surface area contributed by atoms with Gasteiger partial charge in [0.2, 0.25) is 0 Å². The molecular formula is C27H28FN3O. The molecule has 4 nitrogen and oxygen atoms in total. The van der Waals surface area contributed by atoms with Crippen molar-refractivity contribution in [2.24, 2.45) is 0 Å². The maximum atomic E-state index is 15.4. The summed E-state index contributed by atoms with van der Waals surface area (Å²) in [4.78, 5) is 0. The molecule has 4 N–H and O–H groups in total. The molecule has 0 bridgehead atoms. The molecule has 1 aliphatic heterocycles. The standard InChI is InChI=1S/C27H28FN3O/c1-18(29)23-14-20(9-10-26(23)30)24-15-22(16-25(28)27(24)21-11-13-32-17-21)31-12-5-8-19-6-3-2-4-7-19/h2-4,6-7,9-10,14-17,29,31H,5,8,11-13,30H2,1H3. The van der Waals surface area contributed by atoms with E-state index >= 15 is 4.39 Å². The third-order valence-corrected chi connectivity index (χ3v) is 5.71. The number of aryl methyl sites for hydroxylation is 1. The Morgan fingerprint density at radius 1 is 1.12 bits per heavy atom. The van der Waals surface area contributed by atoms with Crippen molar-refractivity contribution in [1.29, 1.82) is 5.41 Å². The van der Waals surface area contributed by atoms with Gasteiger partial charge in [-0.3, -0.25) is 0 Å². The Labute approximate surface area is 188 Å². The maximum absolute atomic E-state index is 15.4. The van der Waals surface area contributed by atoms with Gasteiger partial charge in [0.25, 0.3) is 0 Å². The first-order valence-electron chi connectivity index (χ1n) is 10.9. The third kappa shape index (κ3) is 4.83. The average Bonchev–Trinajstić information content (AvgIpc) is 3.31. The van der Waals surface area contributed by atoms with Crippen molar-refractivity contribution in [3.8, 4) is 11.1 Å². The van der Waals surface area contributed by atoms with Crippen LogP contribution >= 0.6 is 0 Å². The number of nitrogens with two attached hydrogens (primary N) is 1. The van der Waals surface area contributed by atoms with E-state index in [4.69, 9.17) is 15.9 Å². The van der Waals surface area contributed by atoms with Crippen molar-refractivity contribution in [3.05, 3.63) is 89.4 Å². The van der Waals surface area contributed by atoms with E-state index in [9.17, 15) is 0 Å². The number of anilines is 2. The van der Waals surface area contributed by atoms with Gasteiger partial charge >= 0.3 is 0 Å². The summed E-state index contributed by atoms with van der Waals surface area (Å²) < 4.78 is 20.7. The summed E-state index contributed by atoms with van der Waals surface area (Å²) in [5, 5.41) is 11.4. The fraction of sp³-hybridized carbons (Fsp3) is 0.222. The van der Waals surface area contributed by atoms with E-state index in [0.717, 1.165) is 41.8 Å². The first kappa shape index (κ1) is 21.6. The van der Waals surface area contributed by atoms with E-state index in [1.165, 1.54) is 5.56 Å². The summed E-state index contributed by atoms with van der Waals surface area (Å²) in [5.74, 6) is -0.283. The minimum absolute atomic E-state index is 0.283. The first-order valence-corrected chi connectivity index (χ1v) is 10.9. The molecule has 0 amide bonds. The zero-order valence-electron chi connectivity index (χ0n) is 18.2. The van der Waals surface area contributed by atoms with Crippen molar-refractivity contribution < 1.29 is 9.13 Å². The number of nitrogens with one attached hydrogen (secondary N) is 2. The molecule has 0 fully saturated rings. The summed E-state index contributed by atoms with van der Waals surface area (Å²) in [7, 11) is 0. The summed E-state index contributed by atoms with van der Waals surface area (Å²) in [6, 6.07) is 19.4. The zero-order valence-corrected chi connectivity index (χ0v) is 18.2. The highest BCUT2D eigenvalue weighted by atomic mass is 19.1. The Hall–Kier alpha value is -3.60. The first-order chi connectivity index (χ1) is 15.5. The topological polar surface area (TPSA) is 71.1 Å². The van der Waals surface area contributed by atoms with Crippen molar-refractivity contribution in [3.63, 3.8) is 0 Å². The molecule has 0 aliphatic carbocycles. The molecule has 0 atom stereocenters. The van der Waals surface area contributed by atoms with Gasteiger partial charge in [-0.2, -0.15) is 0 Å². The van der Waals surface area contributed by atoms with Crippen LogP contribution in [0.2, 0.25) is 0 Å². The van der Waals surface area contributed by atoms with E-state index in [-0.39, 0.29) is 5.82 Å². The number of rotatable bonds is 8. The van der Waals surface area contributed by atoms with E-state index < -0.39 is 0 Å². The second-order valence-electron chi connectivity index (χ2n) is 8.09. The fourth-order valence-corrected chi connectivity index (χ4v) is 4.05. The number of halogens is 1. The maximum Gasteiger partial charge on any atom is 0.133 e. The number of benzene rings is 3.